The molecule has 0 aromatic carbocycles. The maximum Gasteiger partial charge on any atom is 0.246 e. The Balaban J connectivity index is 1.35. The van der Waals surface area contributed by atoms with Crippen LogP contribution in [0.5, 0.6) is 0 Å². The summed E-state index contributed by atoms with van der Waals surface area (Å²) < 4.78 is 1.61. The van der Waals surface area contributed by atoms with Crippen molar-refractivity contribution < 1.29 is 9.59 Å². The second kappa shape index (κ2) is 8.50. The molecule has 2 amide bonds. The Hall–Kier alpha value is -4.01. The number of likely N-dealkylation sites (tertiary alicyclic amines) is 1. The van der Waals surface area contributed by atoms with E-state index in [4.69, 9.17) is 0 Å². The first-order chi connectivity index (χ1) is 16.0. The molecule has 4 aromatic heterocycles. The highest BCUT2D eigenvalue weighted by atomic mass is 16.2. The molecule has 1 N–H and O–H groups in total. The van der Waals surface area contributed by atoms with Crippen molar-refractivity contribution in [2.45, 2.75) is 25.8 Å². The number of hydrogen-bond donors (Lipinski definition) is 1. The lowest BCUT2D eigenvalue weighted by molar-refractivity contribution is -0.138. The highest BCUT2D eigenvalue weighted by Crippen LogP contribution is 2.31. The van der Waals surface area contributed by atoms with Crippen molar-refractivity contribution in [1.29, 1.82) is 0 Å². The van der Waals surface area contributed by atoms with E-state index in [1.807, 2.05) is 29.3 Å². The lowest BCUT2D eigenvalue weighted by Crippen LogP contribution is -2.56. The largest absolute Gasteiger partial charge is 0.343 e. The average Bonchev–Trinajstić information content (AvgIpc) is 3.41. The van der Waals surface area contributed by atoms with E-state index >= 15 is 0 Å². The summed E-state index contributed by atoms with van der Waals surface area (Å²) in [5.74, 6) is -0.0754. The van der Waals surface area contributed by atoms with Gasteiger partial charge in [-0.1, -0.05) is 6.58 Å². The molecule has 1 saturated heterocycles. The third-order valence-electron chi connectivity index (χ3n) is 6.31. The van der Waals surface area contributed by atoms with Gasteiger partial charge in [-0.15, -0.1) is 0 Å². The third-order valence-corrected chi connectivity index (χ3v) is 6.31. The summed E-state index contributed by atoms with van der Waals surface area (Å²) in [5.41, 5.74) is 4.74. The van der Waals surface area contributed by atoms with E-state index in [1.165, 1.54) is 6.08 Å². The van der Waals surface area contributed by atoms with Gasteiger partial charge in [0.05, 0.1) is 17.8 Å². The lowest BCUT2D eigenvalue weighted by atomic mass is 10.0. The van der Waals surface area contributed by atoms with Gasteiger partial charge in [0.1, 0.15) is 5.65 Å². The van der Waals surface area contributed by atoms with Crippen LogP contribution in [0.4, 0.5) is 0 Å². The quantitative estimate of drug-likeness (QED) is 0.442. The number of aromatic amines is 1. The van der Waals surface area contributed by atoms with E-state index in [-0.39, 0.29) is 17.9 Å². The zero-order valence-corrected chi connectivity index (χ0v) is 18.4. The fraction of sp³-hybridized carbons (Fsp3) is 0.292. The lowest BCUT2D eigenvalue weighted by Gasteiger charge is -2.42. The van der Waals surface area contributed by atoms with Crippen LogP contribution in [0.25, 0.3) is 27.7 Å². The molecule has 0 radical (unpaired) electrons. The zero-order chi connectivity index (χ0) is 22.9. The number of amides is 2. The van der Waals surface area contributed by atoms with Gasteiger partial charge in [-0.3, -0.25) is 9.59 Å². The van der Waals surface area contributed by atoms with E-state index in [1.54, 1.807) is 28.8 Å². The van der Waals surface area contributed by atoms with Crippen LogP contribution >= 0.6 is 0 Å². The number of fused-ring (bicyclic) bond motifs is 2. The van der Waals surface area contributed by atoms with Gasteiger partial charge in [-0.25, -0.2) is 4.98 Å². The van der Waals surface area contributed by atoms with Crippen LogP contribution in [0.3, 0.4) is 0 Å². The van der Waals surface area contributed by atoms with Crippen LogP contribution in [0.2, 0.25) is 0 Å². The molecule has 9 nitrogen and oxygen atoms in total. The summed E-state index contributed by atoms with van der Waals surface area (Å²) in [6, 6.07) is 8.00. The van der Waals surface area contributed by atoms with Crippen LogP contribution in [0, 0.1) is 0 Å². The molecule has 0 saturated carbocycles. The van der Waals surface area contributed by atoms with Crippen LogP contribution in [-0.2, 0) is 16.0 Å². The van der Waals surface area contributed by atoms with Crippen molar-refractivity contribution >= 4 is 28.4 Å². The highest BCUT2D eigenvalue weighted by molar-refractivity contribution is 5.97. The molecule has 0 aliphatic carbocycles. The van der Waals surface area contributed by atoms with Crippen molar-refractivity contribution in [1.82, 2.24) is 34.6 Å². The second-order valence-corrected chi connectivity index (χ2v) is 8.27. The molecular formula is C24H25N7O2. The second-order valence-electron chi connectivity index (χ2n) is 8.27. The van der Waals surface area contributed by atoms with Gasteiger partial charge in [-0.05, 0) is 42.3 Å². The Kier molecular flexibility index (Phi) is 5.37. The predicted molar refractivity (Wildman–Crippen MR) is 124 cm³/mol. The van der Waals surface area contributed by atoms with E-state index < -0.39 is 0 Å². The number of rotatable bonds is 7. The van der Waals surface area contributed by atoms with Gasteiger partial charge >= 0.3 is 0 Å². The topological polar surface area (TPSA) is 99.5 Å². The summed E-state index contributed by atoms with van der Waals surface area (Å²) in [6.45, 7) is 6.95. The molecular weight excluding hydrogens is 418 g/mol. The molecule has 168 valence electrons. The number of nitrogens with zero attached hydrogens (tertiary/aromatic N) is 6. The highest BCUT2D eigenvalue weighted by Gasteiger charge is 2.32. The summed E-state index contributed by atoms with van der Waals surface area (Å²) in [7, 11) is 0. The summed E-state index contributed by atoms with van der Waals surface area (Å²) in [4.78, 5) is 35.6. The van der Waals surface area contributed by atoms with E-state index in [9.17, 15) is 9.59 Å². The molecule has 1 aliphatic heterocycles. The van der Waals surface area contributed by atoms with Crippen molar-refractivity contribution in [3.63, 3.8) is 0 Å². The van der Waals surface area contributed by atoms with Crippen LogP contribution in [0.1, 0.15) is 19.0 Å². The maximum atomic E-state index is 12.3. The van der Waals surface area contributed by atoms with Gasteiger partial charge in [0, 0.05) is 62.0 Å². The Labute approximate surface area is 190 Å². The van der Waals surface area contributed by atoms with Gasteiger partial charge in [0.2, 0.25) is 11.8 Å². The van der Waals surface area contributed by atoms with E-state index in [2.05, 4.69) is 32.8 Å². The normalized spacial score (nSPS) is 15.5. The smallest absolute Gasteiger partial charge is 0.246 e. The molecule has 1 atom stereocenters. The summed E-state index contributed by atoms with van der Waals surface area (Å²) in [6.07, 6.45) is 8.19. The number of nitrogens with one attached hydrogen (secondary N) is 1. The number of pyridine rings is 1. The molecule has 1 unspecified atom stereocenters. The molecule has 5 rings (SSSR count). The number of H-pyrrole nitrogens is 1. The number of carbonyl (C=O) groups excluding carboxylic acids is 2. The number of hydrogen-bond acceptors (Lipinski definition) is 5. The van der Waals surface area contributed by atoms with Gasteiger partial charge in [0.15, 0.2) is 0 Å². The summed E-state index contributed by atoms with van der Waals surface area (Å²) in [5, 5.41) is 9.60. The fourth-order valence-corrected chi connectivity index (χ4v) is 4.42. The molecule has 1 aliphatic rings. The van der Waals surface area contributed by atoms with Crippen LogP contribution in [-0.4, -0.2) is 72.1 Å². The van der Waals surface area contributed by atoms with E-state index in [0.29, 0.717) is 19.5 Å². The Morgan fingerprint density at radius 3 is 2.91 bits per heavy atom. The monoisotopic (exact) mass is 443 g/mol. The van der Waals surface area contributed by atoms with E-state index in [0.717, 1.165) is 46.3 Å². The van der Waals surface area contributed by atoms with Crippen molar-refractivity contribution in [3.8, 4) is 11.1 Å². The third kappa shape index (κ3) is 3.86. The van der Waals surface area contributed by atoms with Crippen LogP contribution in [0.15, 0.2) is 55.5 Å². The van der Waals surface area contributed by atoms with Crippen molar-refractivity contribution in [2.75, 3.05) is 19.6 Å². The Bertz CT molecular complexity index is 1360. The minimum absolute atomic E-state index is 0.00156. The zero-order valence-electron chi connectivity index (χ0n) is 18.4. The van der Waals surface area contributed by atoms with Crippen molar-refractivity contribution in [3.05, 3.63) is 61.2 Å². The first-order valence-electron chi connectivity index (χ1n) is 11.0. The molecule has 33 heavy (non-hydrogen) atoms. The average molecular weight is 444 g/mol. The Morgan fingerprint density at radius 1 is 1.27 bits per heavy atom. The molecule has 5 heterocycles. The SMILES string of the molecule is C=CC(=O)N1CCC1CN(CCc1cc2c(-c3cnn4ncccc34)ccnc2[nH]1)C(C)=O. The van der Waals surface area contributed by atoms with Gasteiger partial charge in [0.25, 0.3) is 0 Å². The molecule has 0 bridgehead atoms. The minimum Gasteiger partial charge on any atom is -0.343 e. The first-order valence-corrected chi connectivity index (χ1v) is 11.0. The first kappa shape index (κ1) is 20.9. The summed E-state index contributed by atoms with van der Waals surface area (Å²) >= 11 is 0. The number of carbonyl (C=O) groups is 2. The Morgan fingerprint density at radius 2 is 2.15 bits per heavy atom. The van der Waals surface area contributed by atoms with Gasteiger partial charge in [-0.2, -0.15) is 14.8 Å². The standard InChI is InChI=1S/C24H25N7O2/c1-3-23(33)30-12-8-18(30)15-29(16(2)32)11-7-17-13-20-19(6-10-25-24(20)28-17)21-14-27-31-22(21)5-4-9-26-31/h3-6,9-10,13-14,18H,1,7-8,11-12,15H2,2H3,(H,25,28). The minimum atomic E-state index is -0.0770. The predicted octanol–water partition coefficient (Wildman–Crippen LogP) is 2.45. The molecule has 0 spiro atoms. The molecule has 4 aromatic rings. The van der Waals surface area contributed by atoms with Gasteiger partial charge < -0.3 is 14.8 Å². The maximum absolute atomic E-state index is 12.3. The molecule has 9 heteroatoms. The van der Waals surface area contributed by atoms with Crippen LogP contribution < -0.4 is 0 Å². The van der Waals surface area contributed by atoms with Crippen molar-refractivity contribution in [2.24, 2.45) is 0 Å². The number of aromatic nitrogens is 5. The fourth-order valence-electron chi connectivity index (χ4n) is 4.42. The molecule has 1 fully saturated rings.